The third kappa shape index (κ3) is 5.93. The number of aryl methyl sites for hydroxylation is 1. The van der Waals surface area contributed by atoms with Gasteiger partial charge in [-0.25, -0.2) is 13.1 Å². The van der Waals surface area contributed by atoms with Crippen LogP contribution in [0.25, 0.3) is 0 Å². The fourth-order valence-corrected chi connectivity index (χ4v) is 5.96. The van der Waals surface area contributed by atoms with Crippen LogP contribution in [0.4, 0.5) is 0 Å². The molecule has 0 fully saturated rings. The molecule has 2 aromatic rings. The second kappa shape index (κ2) is 11.4. The molecule has 1 heterocycles. The van der Waals surface area contributed by atoms with Crippen molar-refractivity contribution in [1.82, 2.24) is 9.62 Å². The number of methoxy groups -OCH3 is 3. The average Bonchev–Trinajstić information content (AvgIpc) is 2.77. The molecule has 2 aromatic carbocycles. The molecular weight excluding hydrogens is 464 g/mol. The van der Waals surface area contributed by atoms with E-state index in [0.717, 1.165) is 55.1 Å². The number of hydrogen-bond acceptors (Lipinski definition) is 6. The van der Waals surface area contributed by atoms with Gasteiger partial charge < -0.3 is 14.2 Å². The molecule has 0 atom stereocenters. The lowest BCUT2D eigenvalue weighted by atomic mass is 9.98. The number of benzene rings is 2. The zero-order valence-corrected chi connectivity index (χ0v) is 21.9. The summed E-state index contributed by atoms with van der Waals surface area (Å²) in [5.74, 6) is 2.20. The average molecular weight is 499 g/mol. The molecule has 1 aliphatic heterocycles. The molecule has 0 saturated carbocycles. The van der Waals surface area contributed by atoms with Gasteiger partial charge in [-0.15, -0.1) is 12.4 Å². The predicted octanol–water partition coefficient (Wildman–Crippen LogP) is 3.79. The predicted molar refractivity (Wildman–Crippen MR) is 133 cm³/mol. The SMILES string of the molecule is COc1cc2c(cc1OC)CN(CCCNS(=O)(=O)c1c(C)cc(OC)c(C)c1C)CC2.Cl. The van der Waals surface area contributed by atoms with Gasteiger partial charge in [-0.1, -0.05) is 0 Å². The highest BCUT2D eigenvalue weighted by Gasteiger charge is 2.23. The molecule has 0 amide bonds. The van der Waals surface area contributed by atoms with Gasteiger partial charge in [-0.05, 0) is 86.2 Å². The summed E-state index contributed by atoms with van der Waals surface area (Å²) in [6.45, 7) is 8.47. The Balaban J connectivity index is 0.00000385. The van der Waals surface area contributed by atoms with E-state index in [1.165, 1.54) is 11.1 Å². The van der Waals surface area contributed by atoms with Gasteiger partial charge >= 0.3 is 0 Å². The van der Waals surface area contributed by atoms with E-state index in [4.69, 9.17) is 14.2 Å². The van der Waals surface area contributed by atoms with Crippen molar-refractivity contribution in [2.24, 2.45) is 0 Å². The fraction of sp³-hybridized carbons (Fsp3) is 0.500. The van der Waals surface area contributed by atoms with Crippen LogP contribution in [0.5, 0.6) is 17.2 Å². The van der Waals surface area contributed by atoms with Crippen molar-refractivity contribution >= 4 is 22.4 Å². The molecule has 0 aliphatic carbocycles. The summed E-state index contributed by atoms with van der Waals surface area (Å²) in [5.41, 5.74) is 4.77. The van der Waals surface area contributed by atoms with Crippen LogP contribution in [0.2, 0.25) is 0 Å². The molecule has 1 N–H and O–H groups in total. The van der Waals surface area contributed by atoms with E-state index in [9.17, 15) is 8.42 Å². The molecule has 0 bridgehead atoms. The Bertz CT molecular complexity index is 1090. The van der Waals surface area contributed by atoms with E-state index in [1.807, 2.05) is 19.9 Å². The number of ether oxygens (including phenoxy) is 3. The first-order valence-corrected chi connectivity index (χ1v) is 12.3. The maximum absolute atomic E-state index is 13.0. The van der Waals surface area contributed by atoms with E-state index >= 15 is 0 Å². The second-order valence-corrected chi connectivity index (χ2v) is 9.93. The Labute approximate surface area is 203 Å². The van der Waals surface area contributed by atoms with Crippen LogP contribution in [0.15, 0.2) is 23.1 Å². The third-order valence-electron chi connectivity index (χ3n) is 6.21. The van der Waals surface area contributed by atoms with Crippen LogP contribution in [0.1, 0.15) is 34.2 Å². The molecule has 7 nitrogen and oxygen atoms in total. The zero-order chi connectivity index (χ0) is 23.5. The first kappa shape index (κ1) is 27.2. The van der Waals surface area contributed by atoms with Crippen LogP contribution in [-0.2, 0) is 23.0 Å². The van der Waals surface area contributed by atoms with Crippen LogP contribution >= 0.6 is 12.4 Å². The number of hydrogen-bond donors (Lipinski definition) is 1. The maximum atomic E-state index is 13.0. The molecule has 0 radical (unpaired) electrons. The van der Waals surface area contributed by atoms with Crippen LogP contribution < -0.4 is 18.9 Å². The van der Waals surface area contributed by atoms with Gasteiger partial charge in [-0.3, -0.25) is 4.90 Å². The van der Waals surface area contributed by atoms with E-state index in [1.54, 1.807) is 34.3 Å². The topological polar surface area (TPSA) is 77.1 Å². The van der Waals surface area contributed by atoms with Gasteiger partial charge in [-0.2, -0.15) is 0 Å². The molecular formula is C24H35ClN2O5S. The molecule has 0 spiro atoms. The van der Waals surface area contributed by atoms with Crippen LogP contribution in [0.3, 0.4) is 0 Å². The van der Waals surface area contributed by atoms with Crippen molar-refractivity contribution in [2.75, 3.05) is 41.0 Å². The second-order valence-electron chi connectivity index (χ2n) is 8.23. The molecule has 0 saturated heterocycles. The van der Waals surface area contributed by atoms with Gasteiger partial charge in [0.25, 0.3) is 0 Å². The van der Waals surface area contributed by atoms with Crippen molar-refractivity contribution in [3.63, 3.8) is 0 Å². The van der Waals surface area contributed by atoms with Gasteiger partial charge in [0.15, 0.2) is 11.5 Å². The van der Waals surface area contributed by atoms with Crippen molar-refractivity contribution < 1.29 is 22.6 Å². The molecule has 1 aliphatic rings. The Morgan fingerprint density at radius 1 is 0.909 bits per heavy atom. The number of halogens is 1. The Kier molecular flexibility index (Phi) is 9.43. The summed E-state index contributed by atoms with van der Waals surface area (Å²) in [4.78, 5) is 2.69. The highest BCUT2D eigenvalue weighted by atomic mass is 35.5. The molecule has 184 valence electrons. The molecule has 33 heavy (non-hydrogen) atoms. The van der Waals surface area contributed by atoms with Crippen LogP contribution in [0, 0.1) is 20.8 Å². The quantitative estimate of drug-likeness (QED) is 0.530. The third-order valence-corrected chi connectivity index (χ3v) is 7.96. The lowest BCUT2D eigenvalue weighted by molar-refractivity contribution is 0.250. The van der Waals surface area contributed by atoms with Gasteiger partial charge in [0.1, 0.15) is 5.75 Å². The summed E-state index contributed by atoms with van der Waals surface area (Å²) in [5, 5.41) is 0. The largest absolute Gasteiger partial charge is 0.496 e. The Morgan fingerprint density at radius 2 is 1.52 bits per heavy atom. The first-order chi connectivity index (χ1) is 15.2. The lowest BCUT2D eigenvalue weighted by Gasteiger charge is -2.29. The van der Waals surface area contributed by atoms with Crippen molar-refractivity contribution in [3.8, 4) is 17.2 Å². The summed E-state index contributed by atoms with van der Waals surface area (Å²) >= 11 is 0. The number of nitrogens with zero attached hydrogens (tertiary/aromatic N) is 1. The highest BCUT2D eigenvalue weighted by Crippen LogP contribution is 2.33. The van der Waals surface area contributed by atoms with E-state index in [0.29, 0.717) is 22.8 Å². The zero-order valence-electron chi connectivity index (χ0n) is 20.3. The summed E-state index contributed by atoms with van der Waals surface area (Å²) in [6.07, 6.45) is 1.67. The number of rotatable bonds is 9. The first-order valence-electron chi connectivity index (χ1n) is 10.8. The number of fused-ring (bicyclic) bond motifs is 1. The van der Waals surface area contributed by atoms with Crippen molar-refractivity contribution in [2.45, 2.75) is 45.1 Å². The Morgan fingerprint density at radius 3 is 2.12 bits per heavy atom. The monoisotopic (exact) mass is 498 g/mol. The maximum Gasteiger partial charge on any atom is 0.241 e. The normalized spacial score (nSPS) is 13.8. The van der Waals surface area contributed by atoms with Gasteiger partial charge in [0.2, 0.25) is 10.0 Å². The van der Waals surface area contributed by atoms with Gasteiger partial charge in [0.05, 0.1) is 26.2 Å². The summed E-state index contributed by atoms with van der Waals surface area (Å²) < 4.78 is 44.9. The smallest absolute Gasteiger partial charge is 0.241 e. The number of sulfonamides is 1. The molecule has 0 aromatic heterocycles. The van der Waals surface area contributed by atoms with Gasteiger partial charge in [0, 0.05) is 19.6 Å². The minimum Gasteiger partial charge on any atom is -0.496 e. The minimum atomic E-state index is -3.59. The van der Waals surface area contributed by atoms with Crippen molar-refractivity contribution in [1.29, 1.82) is 0 Å². The van der Waals surface area contributed by atoms with E-state index in [-0.39, 0.29) is 12.4 Å². The fourth-order valence-electron chi connectivity index (χ4n) is 4.36. The molecule has 9 heteroatoms. The standard InChI is InChI=1S/C24H34N2O5S.ClH/c1-16-12-21(29-4)17(2)18(3)24(16)32(27,28)25-9-7-10-26-11-8-19-13-22(30-5)23(31-6)14-20(19)15-26;/h12-14,25H,7-11,15H2,1-6H3;1H. The highest BCUT2D eigenvalue weighted by molar-refractivity contribution is 7.89. The summed E-state index contributed by atoms with van der Waals surface area (Å²) in [7, 11) is 1.30. The van der Waals surface area contributed by atoms with E-state index in [2.05, 4.69) is 15.7 Å². The Hall–Kier alpha value is -2.00. The molecule has 0 unspecified atom stereocenters. The lowest BCUT2D eigenvalue weighted by Crippen LogP contribution is -2.34. The molecule has 3 rings (SSSR count). The van der Waals surface area contributed by atoms with Crippen molar-refractivity contribution in [3.05, 3.63) is 46.0 Å². The van der Waals surface area contributed by atoms with E-state index < -0.39 is 10.0 Å². The van der Waals surface area contributed by atoms with Crippen LogP contribution in [-0.4, -0.2) is 54.3 Å². The summed E-state index contributed by atoms with van der Waals surface area (Å²) in [6, 6.07) is 5.88. The number of nitrogens with one attached hydrogen (secondary N) is 1. The minimum absolute atomic E-state index is 0.